The maximum atomic E-state index is 12.8. The number of likely N-dealkylation sites (tertiary alicyclic amines) is 2. The van der Waals surface area contributed by atoms with Gasteiger partial charge in [-0.1, -0.05) is 37.3 Å². The third-order valence-corrected chi connectivity index (χ3v) is 5.53. The first-order valence-corrected chi connectivity index (χ1v) is 10.0. The molecule has 5 nitrogen and oxygen atoms in total. The van der Waals surface area contributed by atoms with Crippen molar-refractivity contribution in [2.24, 2.45) is 0 Å². The van der Waals surface area contributed by atoms with E-state index in [4.69, 9.17) is 0 Å². The Hall–Kier alpha value is -1.88. The molecule has 0 aromatic heterocycles. The number of carbonyl (C=O) groups is 2. The molecule has 2 aliphatic rings. The van der Waals surface area contributed by atoms with Gasteiger partial charge in [0.05, 0.1) is 0 Å². The van der Waals surface area contributed by atoms with Gasteiger partial charge in [-0.15, -0.1) is 0 Å². The van der Waals surface area contributed by atoms with Crippen molar-refractivity contribution in [1.29, 1.82) is 0 Å². The van der Waals surface area contributed by atoms with Gasteiger partial charge in [-0.25, -0.2) is 0 Å². The van der Waals surface area contributed by atoms with Gasteiger partial charge in [0.1, 0.15) is 6.04 Å². The lowest BCUT2D eigenvalue weighted by Gasteiger charge is -2.37. The lowest BCUT2D eigenvalue weighted by atomic mass is 9.99. The Kier molecular flexibility index (Phi) is 6.67. The van der Waals surface area contributed by atoms with E-state index in [1.807, 2.05) is 13.0 Å². The van der Waals surface area contributed by atoms with E-state index in [-0.39, 0.29) is 23.9 Å². The quantitative estimate of drug-likeness (QED) is 0.881. The van der Waals surface area contributed by atoms with E-state index >= 15 is 0 Å². The van der Waals surface area contributed by atoms with Crippen molar-refractivity contribution in [3.05, 3.63) is 35.9 Å². The fraction of sp³-hybridized carbons (Fsp3) is 0.619. The molecule has 0 aliphatic carbocycles. The minimum Gasteiger partial charge on any atom is -0.350 e. The second-order valence-corrected chi connectivity index (χ2v) is 7.52. The molecule has 3 rings (SSSR count). The van der Waals surface area contributed by atoms with Crippen LogP contribution in [0.5, 0.6) is 0 Å². The predicted octanol–water partition coefficient (Wildman–Crippen LogP) is 2.56. The largest absolute Gasteiger partial charge is 0.350 e. The van der Waals surface area contributed by atoms with Crippen LogP contribution in [0.3, 0.4) is 0 Å². The van der Waals surface area contributed by atoms with Crippen LogP contribution in [0, 0.1) is 0 Å². The van der Waals surface area contributed by atoms with Crippen LogP contribution in [0.4, 0.5) is 0 Å². The number of amides is 2. The summed E-state index contributed by atoms with van der Waals surface area (Å²) in [5.41, 5.74) is 1.31. The molecular weight excluding hydrogens is 326 g/mol. The van der Waals surface area contributed by atoms with E-state index in [1.165, 1.54) is 5.56 Å². The van der Waals surface area contributed by atoms with E-state index in [0.29, 0.717) is 6.42 Å². The second kappa shape index (κ2) is 9.17. The highest BCUT2D eigenvalue weighted by Crippen LogP contribution is 2.20. The summed E-state index contributed by atoms with van der Waals surface area (Å²) in [6.45, 7) is 5.47. The third-order valence-electron chi connectivity index (χ3n) is 5.53. The van der Waals surface area contributed by atoms with Crippen LogP contribution in [0.1, 0.15) is 51.0 Å². The van der Waals surface area contributed by atoms with Gasteiger partial charge >= 0.3 is 0 Å². The fourth-order valence-electron chi connectivity index (χ4n) is 4.16. The number of nitrogens with zero attached hydrogens (tertiary/aromatic N) is 2. The molecule has 2 amide bonds. The lowest BCUT2D eigenvalue weighted by molar-refractivity contribution is -0.142. The van der Waals surface area contributed by atoms with Crippen molar-refractivity contribution < 1.29 is 9.59 Å². The van der Waals surface area contributed by atoms with Crippen LogP contribution in [-0.2, 0) is 16.1 Å². The van der Waals surface area contributed by atoms with Gasteiger partial charge in [-0.3, -0.25) is 14.5 Å². The summed E-state index contributed by atoms with van der Waals surface area (Å²) in [4.78, 5) is 29.2. The highest BCUT2D eigenvalue weighted by Gasteiger charge is 2.33. The van der Waals surface area contributed by atoms with Crippen molar-refractivity contribution >= 4 is 11.8 Å². The maximum absolute atomic E-state index is 12.8. The number of rotatable bonds is 5. The molecule has 2 saturated heterocycles. The molecule has 0 saturated carbocycles. The average Bonchev–Trinajstić information content (AvgIpc) is 2.68. The molecule has 142 valence electrons. The standard InChI is InChI=1S/C21H31N3O2/c1-2-20(25)24-14-7-6-12-19(24)21(26)22-18-11-8-13-23(16-18)15-17-9-4-3-5-10-17/h3-5,9-10,18-19H,2,6-8,11-16H2,1H3,(H,22,26). The van der Waals surface area contributed by atoms with Crippen molar-refractivity contribution in [3.63, 3.8) is 0 Å². The second-order valence-electron chi connectivity index (χ2n) is 7.52. The van der Waals surface area contributed by atoms with Gasteiger partial charge in [0.25, 0.3) is 0 Å². The van der Waals surface area contributed by atoms with Crippen LogP contribution in [0.2, 0.25) is 0 Å². The molecule has 0 spiro atoms. The highest BCUT2D eigenvalue weighted by molar-refractivity contribution is 5.88. The fourth-order valence-corrected chi connectivity index (χ4v) is 4.16. The molecule has 26 heavy (non-hydrogen) atoms. The van der Waals surface area contributed by atoms with Crippen LogP contribution < -0.4 is 5.32 Å². The van der Waals surface area contributed by atoms with Gasteiger partial charge in [0, 0.05) is 32.1 Å². The van der Waals surface area contributed by atoms with Gasteiger partial charge in [-0.2, -0.15) is 0 Å². The van der Waals surface area contributed by atoms with Crippen LogP contribution in [0.25, 0.3) is 0 Å². The summed E-state index contributed by atoms with van der Waals surface area (Å²) >= 11 is 0. The van der Waals surface area contributed by atoms with Gasteiger partial charge in [0.2, 0.25) is 11.8 Å². The maximum Gasteiger partial charge on any atom is 0.243 e. The molecular formula is C21H31N3O2. The molecule has 2 fully saturated rings. The number of carbonyl (C=O) groups excluding carboxylic acids is 2. The molecule has 0 radical (unpaired) electrons. The van der Waals surface area contributed by atoms with Crippen LogP contribution >= 0.6 is 0 Å². The Balaban J connectivity index is 1.55. The molecule has 2 aliphatic heterocycles. The normalized spacial score (nSPS) is 24.3. The topological polar surface area (TPSA) is 52.7 Å². The minimum absolute atomic E-state index is 0.0399. The lowest BCUT2D eigenvalue weighted by Crippen LogP contribution is -2.56. The zero-order valence-electron chi connectivity index (χ0n) is 15.8. The summed E-state index contributed by atoms with van der Waals surface area (Å²) < 4.78 is 0. The molecule has 0 bridgehead atoms. The van der Waals surface area contributed by atoms with Crippen LogP contribution in [0.15, 0.2) is 30.3 Å². The number of nitrogens with one attached hydrogen (secondary N) is 1. The Morgan fingerprint density at radius 2 is 1.88 bits per heavy atom. The van der Waals surface area contributed by atoms with E-state index in [9.17, 15) is 9.59 Å². The molecule has 2 heterocycles. The average molecular weight is 357 g/mol. The van der Waals surface area contributed by atoms with Crippen molar-refractivity contribution in [3.8, 4) is 0 Å². The van der Waals surface area contributed by atoms with E-state index in [1.54, 1.807) is 4.90 Å². The minimum atomic E-state index is -0.277. The Morgan fingerprint density at radius 1 is 1.08 bits per heavy atom. The van der Waals surface area contributed by atoms with E-state index < -0.39 is 0 Å². The molecule has 1 N–H and O–H groups in total. The number of hydrogen-bond donors (Lipinski definition) is 1. The molecule has 2 atom stereocenters. The summed E-state index contributed by atoms with van der Waals surface area (Å²) in [6.07, 6.45) is 5.40. The monoisotopic (exact) mass is 357 g/mol. The Morgan fingerprint density at radius 3 is 2.65 bits per heavy atom. The number of benzene rings is 1. The molecule has 5 heteroatoms. The summed E-state index contributed by atoms with van der Waals surface area (Å²) in [5.74, 6) is 0.136. The van der Waals surface area contributed by atoms with Gasteiger partial charge in [0.15, 0.2) is 0 Å². The van der Waals surface area contributed by atoms with Crippen molar-refractivity contribution in [1.82, 2.24) is 15.1 Å². The van der Waals surface area contributed by atoms with Crippen molar-refractivity contribution in [2.45, 2.75) is 64.1 Å². The first-order valence-electron chi connectivity index (χ1n) is 10.0. The summed E-state index contributed by atoms with van der Waals surface area (Å²) in [5, 5.41) is 3.24. The SMILES string of the molecule is CCC(=O)N1CCCCC1C(=O)NC1CCCN(Cc2ccccc2)C1. The van der Waals surface area contributed by atoms with Gasteiger partial charge < -0.3 is 10.2 Å². The zero-order chi connectivity index (χ0) is 18.4. The molecule has 1 aromatic carbocycles. The predicted molar refractivity (Wildman–Crippen MR) is 103 cm³/mol. The zero-order valence-corrected chi connectivity index (χ0v) is 15.8. The van der Waals surface area contributed by atoms with Gasteiger partial charge in [-0.05, 0) is 44.2 Å². The van der Waals surface area contributed by atoms with E-state index in [0.717, 1.165) is 58.3 Å². The van der Waals surface area contributed by atoms with Crippen molar-refractivity contribution in [2.75, 3.05) is 19.6 Å². The molecule has 1 aromatic rings. The third kappa shape index (κ3) is 4.85. The van der Waals surface area contributed by atoms with Crippen LogP contribution in [-0.4, -0.2) is 53.3 Å². The summed E-state index contributed by atoms with van der Waals surface area (Å²) in [6, 6.07) is 10.4. The summed E-state index contributed by atoms with van der Waals surface area (Å²) in [7, 11) is 0. The smallest absolute Gasteiger partial charge is 0.243 e. The van der Waals surface area contributed by atoms with E-state index in [2.05, 4.69) is 34.5 Å². The highest BCUT2D eigenvalue weighted by atomic mass is 16.2. The first kappa shape index (κ1) is 18.9. The molecule has 2 unspecified atom stereocenters. The number of hydrogen-bond acceptors (Lipinski definition) is 3. The Labute approximate surface area is 156 Å². The Bertz CT molecular complexity index is 605. The first-order chi connectivity index (χ1) is 12.7. The number of piperidine rings is 2.